The number of nitrogens with one attached hydrogen (secondary N) is 2. The van der Waals surface area contributed by atoms with E-state index >= 15 is 0 Å². The van der Waals surface area contributed by atoms with E-state index in [4.69, 9.17) is 0 Å². The van der Waals surface area contributed by atoms with Gasteiger partial charge in [0.15, 0.2) is 0 Å². The number of fused-ring (bicyclic) bond motifs is 1. The molecule has 18 heavy (non-hydrogen) atoms. The molecule has 1 aliphatic rings. The molecule has 0 aliphatic carbocycles. The molecule has 2 rings (SSSR count). The molecule has 0 aromatic heterocycles. The third-order valence-corrected chi connectivity index (χ3v) is 3.82. The van der Waals surface area contributed by atoms with Crippen molar-refractivity contribution >= 4 is 5.69 Å². The Hall–Kier alpha value is -1.02. The lowest BCUT2D eigenvalue weighted by atomic mass is 9.97. The van der Waals surface area contributed by atoms with Crippen LogP contribution in [0, 0.1) is 0 Å². The molecular weight excluding hydrogens is 220 g/mol. The van der Waals surface area contributed by atoms with Gasteiger partial charge >= 0.3 is 0 Å². The summed E-state index contributed by atoms with van der Waals surface area (Å²) in [5, 5.41) is 7.15. The second-order valence-corrected chi connectivity index (χ2v) is 5.40. The van der Waals surface area contributed by atoms with Crippen molar-refractivity contribution in [3.05, 3.63) is 29.3 Å². The standard InChI is InChI=1S/C16H26N2/c1-3-4-7-13(2)18-12-14-8-5-10-16-15(14)9-6-11-17-16/h5,8,10,13,17-18H,3-4,6-7,9,11-12H2,1-2H3. The van der Waals surface area contributed by atoms with Gasteiger partial charge in [-0.15, -0.1) is 0 Å². The van der Waals surface area contributed by atoms with E-state index in [0.717, 1.165) is 13.1 Å². The zero-order chi connectivity index (χ0) is 12.8. The minimum atomic E-state index is 0.623. The van der Waals surface area contributed by atoms with Crippen LogP contribution in [0.25, 0.3) is 0 Å². The van der Waals surface area contributed by atoms with Crippen molar-refractivity contribution in [2.24, 2.45) is 0 Å². The number of benzene rings is 1. The molecule has 1 aromatic rings. The van der Waals surface area contributed by atoms with E-state index in [1.165, 1.54) is 48.9 Å². The lowest BCUT2D eigenvalue weighted by molar-refractivity contribution is 0.493. The van der Waals surface area contributed by atoms with Crippen LogP contribution in [-0.2, 0) is 13.0 Å². The zero-order valence-electron chi connectivity index (χ0n) is 11.8. The quantitative estimate of drug-likeness (QED) is 0.799. The van der Waals surface area contributed by atoms with Crippen molar-refractivity contribution in [3.63, 3.8) is 0 Å². The average Bonchev–Trinajstić information content (AvgIpc) is 2.42. The largest absolute Gasteiger partial charge is 0.385 e. The average molecular weight is 246 g/mol. The molecule has 0 radical (unpaired) electrons. The molecule has 1 atom stereocenters. The van der Waals surface area contributed by atoms with E-state index in [1.807, 2.05) is 0 Å². The molecule has 1 heterocycles. The molecule has 2 nitrogen and oxygen atoms in total. The highest BCUT2D eigenvalue weighted by atomic mass is 14.9. The van der Waals surface area contributed by atoms with E-state index in [1.54, 1.807) is 0 Å². The zero-order valence-corrected chi connectivity index (χ0v) is 11.8. The van der Waals surface area contributed by atoms with Gasteiger partial charge < -0.3 is 10.6 Å². The summed E-state index contributed by atoms with van der Waals surface area (Å²) in [4.78, 5) is 0. The van der Waals surface area contributed by atoms with E-state index in [2.05, 4.69) is 42.7 Å². The highest BCUT2D eigenvalue weighted by Crippen LogP contribution is 2.25. The Kier molecular flexibility index (Phi) is 5.06. The van der Waals surface area contributed by atoms with Gasteiger partial charge in [0.05, 0.1) is 0 Å². The summed E-state index contributed by atoms with van der Waals surface area (Å²) < 4.78 is 0. The van der Waals surface area contributed by atoms with Crippen molar-refractivity contribution in [3.8, 4) is 0 Å². The Morgan fingerprint density at radius 1 is 1.39 bits per heavy atom. The van der Waals surface area contributed by atoms with Crippen LogP contribution in [-0.4, -0.2) is 12.6 Å². The molecule has 0 bridgehead atoms. The van der Waals surface area contributed by atoms with Gasteiger partial charge in [0.1, 0.15) is 0 Å². The van der Waals surface area contributed by atoms with E-state index in [-0.39, 0.29) is 0 Å². The van der Waals surface area contributed by atoms with Gasteiger partial charge in [0.25, 0.3) is 0 Å². The third-order valence-electron chi connectivity index (χ3n) is 3.82. The predicted octanol–water partition coefficient (Wildman–Crippen LogP) is 3.71. The van der Waals surface area contributed by atoms with Crippen LogP contribution in [0.15, 0.2) is 18.2 Å². The van der Waals surface area contributed by atoms with E-state index in [0.29, 0.717) is 6.04 Å². The maximum Gasteiger partial charge on any atom is 0.0375 e. The molecule has 0 fully saturated rings. The summed E-state index contributed by atoms with van der Waals surface area (Å²) in [7, 11) is 0. The molecular formula is C16H26N2. The summed E-state index contributed by atoms with van der Waals surface area (Å²) in [6.45, 7) is 6.68. The molecule has 0 spiro atoms. The van der Waals surface area contributed by atoms with E-state index in [9.17, 15) is 0 Å². The minimum absolute atomic E-state index is 0.623. The van der Waals surface area contributed by atoms with Crippen molar-refractivity contribution < 1.29 is 0 Å². The lowest BCUT2D eigenvalue weighted by Crippen LogP contribution is -2.26. The van der Waals surface area contributed by atoms with Gasteiger partial charge in [-0.05, 0) is 43.4 Å². The molecule has 100 valence electrons. The minimum Gasteiger partial charge on any atom is -0.385 e. The van der Waals surface area contributed by atoms with Crippen molar-refractivity contribution in [2.45, 2.75) is 58.5 Å². The SMILES string of the molecule is CCCCC(C)NCc1cccc2c1CCCN2. The fraction of sp³-hybridized carbons (Fsp3) is 0.625. The molecule has 2 heteroatoms. The van der Waals surface area contributed by atoms with Crippen LogP contribution < -0.4 is 10.6 Å². The molecule has 2 N–H and O–H groups in total. The summed E-state index contributed by atoms with van der Waals surface area (Å²) in [6, 6.07) is 7.27. The molecule has 1 unspecified atom stereocenters. The Balaban J connectivity index is 1.93. The van der Waals surface area contributed by atoms with Gasteiger partial charge in [-0.25, -0.2) is 0 Å². The number of anilines is 1. The molecule has 1 aromatic carbocycles. The normalized spacial score (nSPS) is 15.9. The maximum absolute atomic E-state index is 3.66. The topological polar surface area (TPSA) is 24.1 Å². The first kappa shape index (κ1) is 13.4. The first-order valence-corrected chi connectivity index (χ1v) is 7.39. The van der Waals surface area contributed by atoms with Crippen molar-refractivity contribution in [2.75, 3.05) is 11.9 Å². The Morgan fingerprint density at radius 3 is 3.11 bits per heavy atom. The summed E-state index contributed by atoms with van der Waals surface area (Å²) >= 11 is 0. The van der Waals surface area contributed by atoms with Crippen LogP contribution in [0.5, 0.6) is 0 Å². The summed E-state index contributed by atoms with van der Waals surface area (Å²) in [5.41, 5.74) is 4.35. The third kappa shape index (κ3) is 3.49. The number of hydrogen-bond acceptors (Lipinski definition) is 2. The fourth-order valence-electron chi connectivity index (χ4n) is 2.65. The van der Waals surface area contributed by atoms with Crippen LogP contribution in [0.4, 0.5) is 5.69 Å². The van der Waals surface area contributed by atoms with Gasteiger partial charge in [0, 0.05) is 24.8 Å². The second-order valence-electron chi connectivity index (χ2n) is 5.40. The summed E-state index contributed by atoms with van der Waals surface area (Å²) in [6.07, 6.45) is 6.38. The first-order chi connectivity index (χ1) is 8.81. The van der Waals surface area contributed by atoms with Crippen molar-refractivity contribution in [1.29, 1.82) is 0 Å². The lowest BCUT2D eigenvalue weighted by Gasteiger charge is -2.22. The molecule has 1 aliphatic heterocycles. The number of unbranched alkanes of at least 4 members (excludes halogenated alkanes) is 1. The Labute approximate surface area is 111 Å². The molecule has 0 amide bonds. The number of rotatable bonds is 6. The van der Waals surface area contributed by atoms with Gasteiger partial charge in [0.2, 0.25) is 0 Å². The van der Waals surface area contributed by atoms with Gasteiger partial charge in [-0.3, -0.25) is 0 Å². The highest BCUT2D eigenvalue weighted by molar-refractivity contribution is 5.56. The smallest absolute Gasteiger partial charge is 0.0375 e. The first-order valence-electron chi connectivity index (χ1n) is 7.39. The molecule has 0 saturated heterocycles. The van der Waals surface area contributed by atoms with Crippen molar-refractivity contribution in [1.82, 2.24) is 5.32 Å². The van der Waals surface area contributed by atoms with Gasteiger partial charge in [-0.1, -0.05) is 31.9 Å². The Bertz CT molecular complexity index is 373. The van der Waals surface area contributed by atoms with E-state index < -0.39 is 0 Å². The van der Waals surface area contributed by atoms with Crippen LogP contribution in [0.1, 0.15) is 50.7 Å². The summed E-state index contributed by atoms with van der Waals surface area (Å²) in [5.74, 6) is 0. The molecule has 0 saturated carbocycles. The van der Waals surface area contributed by atoms with Crippen LogP contribution in [0.3, 0.4) is 0 Å². The predicted molar refractivity (Wildman–Crippen MR) is 79.1 cm³/mol. The fourth-order valence-corrected chi connectivity index (χ4v) is 2.65. The Morgan fingerprint density at radius 2 is 2.28 bits per heavy atom. The highest BCUT2D eigenvalue weighted by Gasteiger charge is 2.12. The monoisotopic (exact) mass is 246 g/mol. The van der Waals surface area contributed by atoms with Gasteiger partial charge in [-0.2, -0.15) is 0 Å². The second kappa shape index (κ2) is 6.79. The maximum atomic E-state index is 3.66. The van der Waals surface area contributed by atoms with Crippen LogP contribution in [0.2, 0.25) is 0 Å². The number of hydrogen-bond donors (Lipinski definition) is 2. The van der Waals surface area contributed by atoms with Crippen LogP contribution >= 0.6 is 0 Å².